The monoisotopic (exact) mass is 313 g/mol. The average molecular weight is 313 g/mol. The Bertz CT molecular complexity index is 926. The van der Waals surface area contributed by atoms with Crippen molar-refractivity contribution < 1.29 is 14.4 Å². The number of aromatic nitrogens is 3. The van der Waals surface area contributed by atoms with Crippen LogP contribution in [0.25, 0.3) is 22.3 Å². The molecule has 118 valence electrons. The zero-order valence-electron chi connectivity index (χ0n) is 12.5. The van der Waals surface area contributed by atoms with Crippen molar-refractivity contribution >= 4 is 16.9 Å². The highest BCUT2D eigenvalue weighted by Gasteiger charge is 2.14. The van der Waals surface area contributed by atoms with Gasteiger partial charge in [0.05, 0.1) is 17.5 Å². The maximum Gasteiger partial charge on any atom is 0.303 e. The van der Waals surface area contributed by atoms with Gasteiger partial charge in [-0.3, -0.25) is 9.59 Å². The highest BCUT2D eigenvalue weighted by molar-refractivity contribution is 5.85. The third-order valence-electron chi connectivity index (χ3n) is 3.61. The molecule has 23 heavy (non-hydrogen) atoms. The van der Waals surface area contributed by atoms with Gasteiger partial charge >= 0.3 is 5.97 Å². The summed E-state index contributed by atoms with van der Waals surface area (Å²) < 4.78 is 5.00. The number of aliphatic carboxylic acids is 1. The van der Waals surface area contributed by atoms with Crippen LogP contribution < -0.4 is 5.56 Å². The van der Waals surface area contributed by atoms with Crippen LogP contribution in [0.4, 0.5) is 0 Å². The van der Waals surface area contributed by atoms with Crippen molar-refractivity contribution in [3.05, 3.63) is 46.1 Å². The van der Waals surface area contributed by atoms with Gasteiger partial charge in [0, 0.05) is 6.42 Å². The maximum absolute atomic E-state index is 12.3. The fourth-order valence-corrected chi connectivity index (χ4v) is 2.44. The number of benzene rings is 1. The minimum atomic E-state index is -0.944. The second-order valence-electron chi connectivity index (χ2n) is 5.15. The molecule has 0 spiro atoms. The van der Waals surface area contributed by atoms with Crippen LogP contribution in [0.3, 0.4) is 0 Å². The van der Waals surface area contributed by atoms with Crippen molar-refractivity contribution in [2.45, 2.75) is 26.2 Å². The summed E-state index contributed by atoms with van der Waals surface area (Å²) in [5.74, 6) is -0.583. The van der Waals surface area contributed by atoms with E-state index >= 15 is 0 Å². The number of carboxylic acids is 1. The quantitative estimate of drug-likeness (QED) is 0.747. The Morgan fingerprint density at radius 1 is 1.39 bits per heavy atom. The molecule has 0 radical (unpaired) electrons. The van der Waals surface area contributed by atoms with Crippen molar-refractivity contribution in [3.63, 3.8) is 0 Å². The molecule has 7 heteroatoms. The SMILES string of the molecule is CCc1cccc2cc(-c3noc(CCC(=O)O)n3)c(=O)[nH]c12. The van der Waals surface area contributed by atoms with Gasteiger partial charge in [0.15, 0.2) is 0 Å². The molecule has 0 bridgehead atoms. The van der Waals surface area contributed by atoms with Gasteiger partial charge in [0.25, 0.3) is 5.56 Å². The van der Waals surface area contributed by atoms with Crippen molar-refractivity contribution in [3.8, 4) is 11.4 Å². The van der Waals surface area contributed by atoms with Crippen molar-refractivity contribution in [2.75, 3.05) is 0 Å². The largest absolute Gasteiger partial charge is 0.481 e. The number of H-pyrrole nitrogens is 1. The van der Waals surface area contributed by atoms with Crippen LogP contribution in [0, 0.1) is 0 Å². The topological polar surface area (TPSA) is 109 Å². The summed E-state index contributed by atoms with van der Waals surface area (Å²) in [6.07, 6.45) is 0.845. The van der Waals surface area contributed by atoms with Gasteiger partial charge in [0.2, 0.25) is 11.7 Å². The molecule has 3 rings (SSSR count). The molecule has 0 aliphatic rings. The Morgan fingerprint density at radius 2 is 2.22 bits per heavy atom. The molecular formula is C16H15N3O4. The first-order valence-electron chi connectivity index (χ1n) is 7.28. The number of aryl methyl sites for hydroxylation is 2. The number of aromatic amines is 1. The number of nitrogens with one attached hydrogen (secondary N) is 1. The van der Waals surface area contributed by atoms with Crippen molar-refractivity contribution in [1.82, 2.24) is 15.1 Å². The smallest absolute Gasteiger partial charge is 0.303 e. The molecular weight excluding hydrogens is 298 g/mol. The van der Waals surface area contributed by atoms with Gasteiger partial charge in [-0.2, -0.15) is 4.98 Å². The van der Waals surface area contributed by atoms with Gasteiger partial charge in [-0.05, 0) is 23.4 Å². The number of para-hydroxylation sites is 1. The average Bonchev–Trinajstić information content (AvgIpc) is 3.00. The van der Waals surface area contributed by atoms with Gasteiger partial charge in [-0.25, -0.2) is 0 Å². The van der Waals surface area contributed by atoms with Crippen molar-refractivity contribution in [2.24, 2.45) is 0 Å². The first kappa shape index (κ1) is 15.0. The molecule has 2 heterocycles. The number of carbonyl (C=O) groups is 1. The zero-order chi connectivity index (χ0) is 16.4. The number of pyridine rings is 1. The van der Waals surface area contributed by atoms with Gasteiger partial charge < -0.3 is 14.6 Å². The Hall–Kier alpha value is -2.96. The highest BCUT2D eigenvalue weighted by Crippen LogP contribution is 2.20. The molecule has 0 unspecified atom stereocenters. The summed E-state index contributed by atoms with van der Waals surface area (Å²) in [7, 11) is 0. The Kier molecular flexibility index (Phi) is 3.92. The van der Waals surface area contributed by atoms with Crippen LogP contribution in [0.15, 0.2) is 33.6 Å². The van der Waals surface area contributed by atoms with Crippen LogP contribution in [-0.2, 0) is 17.6 Å². The Balaban J connectivity index is 2.02. The van der Waals surface area contributed by atoms with E-state index in [4.69, 9.17) is 9.63 Å². The van der Waals surface area contributed by atoms with E-state index in [1.54, 1.807) is 6.07 Å². The van der Waals surface area contributed by atoms with Crippen LogP contribution in [0.2, 0.25) is 0 Å². The molecule has 0 amide bonds. The second kappa shape index (κ2) is 6.04. The normalized spacial score (nSPS) is 11.0. The highest BCUT2D eigenvalue weighted by atomic mass is 16.5. The molecule has 0 saturated carbocycles. The lowest BCUT2D eigenvalue weighted by molar-refractivity contribution is -0.137. The third-order valence-corrected chi connectivity index (χ3v) is 3.61. The lowest BCUT2D eigenvalue weighted by Gasteiger charge is -2.04. The van der Waals surface area contributed by atoms with E-state index in [0.29, 0.717) is 5.56 Å². The minimum Gasteiger partial charge on any atom is -0.481 e. The fourth-order valence-electron chi connectivity index (χ4n) is 2.44. The number of rotatable bonds is 5. The predicted octanol–water partition coefficient (Wildman–Crippen LogP) is 2.16. The first-order chi connectivity index (χ1) is 11.1. The lowest BCUT2D eigenvalue weighted by atomic mass is 10.1. The second-order valence-corrected chi connectivity index (χ2v) is 5.15. The number of nitrogens with zero attached hydrogens (tertiary/aromatic N) is 2. The number of hydrogen-bond acceptors (Lipinski definition) is 5. The maximum atomic E-state index is 12.3. The fraction of sp³-hybridized carbons (Fsp3) is 0.250. The molecule has 7 nitrogen and oxygen atoms in total. The summed E-state index contributed by atoms with van der Waals surface area (Å²) in [6.45, 7) is 2.02. The van der Waals surface area contributed by atoms with Crippen LogP contribution >= 0.6 is 0 Å². The zero-order valence-corrected chi connectivity index (χ0v) is 12.5. The molecule has 1 aromatic carbocycles. The molecule has 0 saturated heterocycles. The molecule has 2 aromatic heterocycles. The summed E-state index contributed by atoms with van der Waals surface area (Å²) in [5, 5.41) is 13.3. The number of fused-ring (bicyclic) bond motifs is 1. The third kappa shape index (κ3) is 2.98. The number of hydrogen-bond donors (Lipinski definition) is 2. The van der Waals surface area contributed by atoms with E-state index in [0.717, 1.165) is 22.9 Å². The van der Waals surface area contributed by atoms with Gasteiger partial charge in [-0.1, -0.05) is 30.3 Å². The first-order valence-corrected chi connectivity index (χ1v) is 7.28. The lowest BCUT2D eigenvalue weighted by Crippen LogP contribution is -2.10. The van der Waals surface area contributed by atoms with E-state index in [9.17, 15) is 9.59 Å². The van der Waals surface area contributed by atoms with Gasteiger partial charge in [0.1, 0.15) is 0 Å². The van der Waals surface area contributed by atoms with E-state index in [2.05, 4.69) is 15.1 Å². The summed E-state index contributed by atoms with van der Waals surface area (Å²) in [5.41, 5.74) is 1.86. The van der Waals surface area contributed by atoms with E-state index in [1.807, 2.05) is 25.1 Å². The Labute approximate surface area is 131 Å². The van der Waals surface area contributed by atoms with Crippen LogP contribution in [-0.4, -0.2) is 26.2 Å². The van der Waals surface area contributed by atoms with E-state index in [-0.39, 0.29) is 30.1 Å². The molecule has 0 aliphatic heterocycles. The molecule has 0 aliphatic carbocycles. The number of carboxylic acid groups (broad SMARTS) is 1. The Morgan fingerprint density at radius 3 is 2.96 bits per heavy atom. The van der Waals surface area contributed by atoms with E-state index < -0.39 is 5.97 Å². The summed E-state index contributed by atoms with van der Waals surface area (Å²) in [4.78, 5) is 29.8. The van der Waals surface area contributed by atoms with Gasteiger partial charge in [-0.15, -0.1) is 0 Å². The molecule has 0 fully saturated rings. The van der Waals surface area contributed by atoms with Crippen molar-refractivity contribution in [1.29, 1.82) is 0 Å². The molecule has 0 atom stereocenters. The van der Waals surface area contributed by atoms with E-state index in [1.165, 1.54) is 0 Å². The van der Waals surface area contributed by atoms with Crippen LogP contribution in [0.5, 0.6) is 0 Å². The molecule has 2 N–H and O–H groups in total. The summed E-state index contributed by atoms with van der Waals surface area (Å²) >= 11 is 0. The summed E-state index contributed by atoms with van der Waals surface area (Å²) in [6, 6.07) is 7.52. The minimum absolute atomic E-state index is 0.102. The standard InChI is InChI=1S/C16H15N3O4/c1-2-9-4-3-5-10-8-11(16(22)18-14(9)10)15-17-12(23-19-15)6-7-13(20)21/h3-5,8H,2,6-7H2,1H3,(H,18,22)(H,20,21). The van der Waals surface area contributed by atoms with Crippen LogP contribution in [0.1, 0.15) is 24.8 Å². The predicted molar refractivity (Wildman–Crippen MR) is 83.2 cm³/mol. The molecule has 3 aromatic rings.